The summed E-state index contributed by atoms with van der Waals surface area (Å²) in [5, 5.41) is 26.6. The lowest BCUT2D eigenvalue weighted by Gasteiger charge is -2.36. The van der Waals surface area contributed by atoms with Crippen molar-refractivity contribution in [2.75, 3.05) is 25.1 Å². The van der Waals surface area contributed by atoms with Crippen LogP contribution in [0.1, 0.15) is 45.5 Å². The van der Waals surface area contributed by atoms with Gasteiger partial charge in [-0.25, -0.2) is 4.79 Å². The van der Waals surface area contributed by atoms with Gasteiger partial charge in [0.25, 0.3) is 0 Å². The van der Waals surface area contributed by atoms with Crippen molar-refractivity contribution in [1.29, 1.82) is 0 Å². The molecule has 13 heteroatoms. The number of nitrogens with two attached hydrogens (primary N) is 1. The number of thiocarbonyl (C=S) groups is 1. The number of ether oxygens (including phenoxy) is 3. The van der Waals surface area contributed by atoms with Gasteiger partial charge in [0.05, 0.1) is 18.8 Å². The molecule has 246 valence electrons. The van der Waals surface area contributed by atoms with Crippen LogP contribution in [-0.2, 0) is 31.1 Å². The first-order valence-electron chi connectivity index (χ1n) is 15.1. The molecule has 2 aliphatic rings. The minimum Gasteiger partial charge on any atom is -0.508 e. The Labute approximate surface area is 285 Å². The maximum absolute atomic E-state index is 13.3. The van der Waals surface area contributed by atoms with E-state index in [2.05, 4.69) is 10.6 Å². The molecule has 4 aromatic carbocycles. The van der Waals surface area contributed by atoms with E-state index in [1.807, 2.05) is 24.3 Å². The van der Waals surface area contributed by atoms with Gasteiger partial charge in [-0.05, 0) is 72.7 Å². The first-order valence-corrected chi connectivity index (χ1v) is 16.3. The zero-order chi connectivity index (χ0) is 33.8. The first-order chi connectivity index (χ1) is 23.1. The summed E-state index contributed by atoms with van der Waals surface area (Å²) in [5.41, 5.74) is 7.38. The summed E-state index contributed by atoms with van der Waals surface area (Å²) in [4.78, 5) is 37.4. The number of thioether (sulfide) groups is 1. The molecule has 6 rings (SSSR count). The second-order valence-electron chi connectivity index (χ2n) is 11.1. The molecule has 0 radical (unpaired) electrons. The van der Waals surface area contributed by atoms with E-state index in [1.54, 1.807) is 30.3 Å². The van der Waals surface area contributed by atoms with Gasteiger partial charge in [-0.3, -0.25) is 9.59 Å². The Morgan fingerprint density at radius 3 is 2.21 bits per heavy atom. The molecule has 0 saturated carbocycles. The largest absolute Gasteiger partial charge is 0.508 e. The predicted molar refractivity (Wildman–Crippen MR) is 183 cm³/mol. The second kappa shape index (κ2) is 13.9. The van der Waals surface area contributed by atoms with Crippen molar-refractivity contribution in [3.05, 3.63) is 107 Å². The molecule has 0 saturated heterocycles. The SMILES string of the molecule is NC(=O)CCc1ccc(SC(=O)CCOCCNC(=S)Nc2ccc3c(c2)C(=O)OC32c3ccc(O)cc3Oc3cc(O)ccc32)cc1. The van der Waals surface area contributed by atoms with Crippen molar-refractivity contribution in [1.82, 2.24) is 5.32 Å². The summed E-state index contributed by atoms with van der Waals surface area (Å²) >= 11 is 6.57. The molecule has 11 nitrogen and oxygen atoms in total. The number of hydrogen-bond acceptors (Lipinski definition) is 10. The molecule has 2 heterocycles. The molecule has 6 N–H and O–H groups in total. The third-order valence-corrected chi connectivity index (χ3v) is 9.01. The Kier molecular flexibility index (Phi) is 9.53. The Morgan fingerprint density at radius 1 is 0.875 bits per heavy atom. The minimum atomic E-state index is -1.34. The molecule has 0 atom stereocenters. The van der Waals surface area contributed by atoms with E-state index in [4.69, 9.17) is 32.2 Å². The average Bonchev–Trinajstić information content (AvgIpc) is 3.33. The van der Waals surface area contributed by atoms with E-state index in [-0.39, 0.29) is 42.0 Å². The van der Waals surface area contributed by atoms with Gasteiger partial charge in [0.2, 0.25) is 5.91 Å². The fourth-order valence-corrected chi connectivity index (χ4v) is 6.57. The van der Waals surface area contributed by atoms with Crippen LogP contribution in [0.25, 0.3) is 0 Å². The summed E-state index contributed by atoms with van der Waals surface area (Å²) in [5.74, 6) is -0.333. The zero-order valence-corrected chi connectivity index (χ0v) is 27.1. The van der Waals surface area contributed by atoms with Crippen molar-refractivity contribution in [3.8, 4) is 23.0 Å². The molecule has 2 aliphatic heterocycles. The van der Waals surface area contributed by atoms with Crippen LogP contribution in [0.2, 0.25) is 0 Å². The Morgan fingerprint density at radius 2 is 1.54 bits per heavy atom. The number of carbonyl (C=O) groups is 3. The number of phenolic OH excluding ortho intramolecular Hbond substituents is 2. The number of rotatable bonds is 11. The van der Waals surface area contributed by atoms with E-state index >= 15 is 0 Å². The molecule has 0 bridgehead atoms. The van der Waals surface area contributed by atoms with Crippen LogP contribution in [0.3, 0.4) is 0 Å². The highest BCUT2D eigenvalue weighted by atomic mass is 32.2. The van der Waals surface area contributed by atoms with Gasteiger partial charge in [-0.1, -0.05) is 30.0 Å². The molecule has 48 heavy (non-hydrogen) atoms. The molecule has 1 spiro atoms. The van der Waals surface area contributed by atoms with Gasteiger partial charge >= 0.3 is 5.97 Å². The normalized spacial score (nSPS) is 13.5. The van der Waals surface area contributed by atoms with Crippen LogP contribution in [0.5, 0.6) is 23.0 Å². The van der Waals surface area contributed by atoms with Crippen LogP contribution in [0, 0.1) is 0 Å². The number of primary amides is 1. The quantitative estimate of drug-likeness (QED) is 0.0614. The van der Waals surface area contributed by atoms with E-state index in [0.29, 0.717) is 64.1 Å². The number of aromatic hydroxyl groups is 2. The fraction of sp³-hybridized carbons (Fsp3) is 0.200. The van der Waals surface area contributed by atoms with E-state index in [9.17, 15) is 24.6 Å². The van der Waals surface area contributed by atoms with Crippen LogP contribution in [-0.4, -0.2) is 52.1 Å². The maximum Gasteiger partial charge on any atom is 0.340 e. The number of fused-ring (bicyclic) bond motifs is 6. The van der Waals surface area contributed by atoms with E-state index < -0.39 is 11.6 Å². The number of esters is 1. The van der Waals surface area contributed by atoms with E-state index in [0.717, 1.165) is 22.2 Å². The number of aryl methyl sites for hydroxylation is 1. The van der Waals surface area contributed by atoms with Crippen molar-refractivity contribution < 1.29 is 38.8 Å². The Bertz CT molecular complexity index is 1860. The summed E-state index contributed by atoms with van der Waals surface area (Å²) in [6.07, 6.45) is 1.10. The highest BCUT2D eigenvalue weighted by Gasteiger charge is 2.53. The van der Waals surface area contributed by atoms with Crippen molar-refractivity contribution in [2.45, 2.75) is 29.8 Å². The Hall–Kier alpha value is -5.11. The predicted octanol–water partition coefficient (Wildman–Crippen LogP) is 5.10. The first kappa shape index (κ1) is 32.8. The summed E-state index contributed by atoms with van der Waals surface area (Å²) in [7, 11) is 0. The topological polar surface area (TPSA) is 169 Å². The van der Waals surface area contributed by atoms with Gasteiger partial charge < -0.3 is 40.8 Å². The number of amides is 1. The van der Waals surface area contributed by atoms with Gasteiger partial charge in [-0.15, -0.1) is 0 Å². The molecule has 0 unspecified atom stereocenters. The molecule has 1 amide bonds. The van der Waals surface area contributed by atoms with Gasteiger partial charge in [0, 0.05) is 58.8 Å². The third kappa shape index (κ3) is 6.93. The summed E-state index contributed by atoms with van der Waals surface area (Å²) in [6.45, 7) is 0.970. The van der Waals surface area contributed by atoms with Crippen LogP contribution < -0.4 is 21.1 Å². The highest BCUT2D eigenvalue weighted by molar-refractivity contribution is 8.13. The Balaban J connectivity index is 1.01. The lowest BCUT2D eigenvalue weighted by molar-refractivity contribution is -0.118. The monoisotopic (exact) mass is 685 g/mol. The van der Waals surface area contributed by atoms with Crippen molar-refractivity contribution >= 4 is 51.8 Å². The molecular weight excluding hydrogens is 655 g/mol. The molecule has 0 aromatic heterocycles. The standard InChI is InChI=1S/C35H31N3O8S2/c36-31(41)12-3-20-1-7-24(8-2-20)48-32(42)13-15-44-16-14-37-34(47)38-21-4-9-26-25(17-21)33(43)46-35(26)27-10-5-22(39)18-29(27)45-30-19-23(40)6-11-28(30)35/h1-2,4-11,17-19,39-40H,3,12-16H2,(H2,36,41)(H2,37,38,47). The minimum absolute atomic E-state index is 0.0199. The smallest absolute Gasteiger partial charge is 0.340 e. The highest BCUT2D eigenvalue weighted by Crippen LogP contribution is 2.57. The third-order valence-electron chi connectivity index (χ3n) is 7.83. The number of phenols is 2. The van der Waals surface area contributed by atoms with Crippen LogP contribution in [0.4, 0.5) is 5.69 Å². The van der Waals surface area contributed by atoms with Gasteiger partial charge in [0.15, 0.2) is 15.8 Å². The fourth-order valence-electron chi connectivity index (χ4n) is 5.63. The van der Waals surface area contributed by atoms with Crippen LogP contribution in [0.15, 0.2) is 83.8 Å². The van der Waals surface area contributed by atoms with Gasteiger partial charge in [-0.2, -0.15) is 0 Å². The number of carbonyl (C=O) groups excluding carboxylic acids is 3. The molecule has 0 fully saturated rings. The lowest BCUT2D eigenvalue weighted by Crippen LogP contribution is -2.33. The maximum atomic E-state index is 13.3. The van der Waals surface area contributed by atoms with E-state index in [1.165, 1.54) is 24.3 Å². The molecule has 0 aliphatic carbocycles. The number of anilines is 1. The summed E-state index contributed by atoms with van der Waals surface area (Å²) < 4.78 is 17.7. The average molecular weight is 686 g/mol. The molecular formula is C35H31N3O8S2. The second-order valence-corrected chi connectivity index (χ2v) is 12.7. The lowest BCUT2D eigenvalue weighted by atomic mass is 9.77. The zero-order valence-electron chi connectivity index (χ0n) is 25.5. The number of benzene rings is 4. The number of nitrogens with one attached hydrogen (secondary N) is 2. The van der Waals surface area contributed by atoms with Crippen molar-refractivity contribution in [2.24, 2.45) is 5.73 Å². The summed E-state index contributed by atoms with van der Waals surface area (Å²) in [6, 6.07) is 21.9. The van der Waals surface area contributed by atoms with Crippen LogP contribution >= 0.6 is 24.0 Å². The number of hydrogen-bond donors (Lipinski definition) is 5. The van der Waals surface area contributed by atoms with Gasteiger partial charge in [0.1, 0.15) is 23.0 Å². The molecule has 4 aromatic rings. The van der Waals surface area contributed by atoms with Crippen molar-refractivity contribution in [3.63, 3.8) is 0 Å².